The molecule has 2 N–H and O–H groups in total. The van der Waals surface area contributed by atoms with Crippen LogP contribution in [0.3, 0.4) is 0 Å². The molecular formula is C16H25N3. The van der Waals surface area contributed by atoms with E-state index in [2.05, 4.69) is 48.0 Å². The van der Waals surface area contributed by atoms with Gasteiger partial charge in [0.2, 0.25) is 0 Å². The monoisotopic (exact) mass is 259 g/mol. The summed E-state index contributed by atoms with van der Waals surface area (Å²) in [5.74, 6) is 0. The zero-order valence-corrected chi connectivity index (χ0v) is 12.1. The minimum atomic E-state index is 0.250. The van der Waals surface area contributed by atoms with Crippen molar-refractivity contribution in [2.45, 2.75) is 31.2 Å². The predicted molar refractivity (Wildman–Crippen MR) is 80.7 cm³/mol. The molecule has 1 saturated carbocycles. The molecule has 0 spiro atoms. The maximum atomic E-state index is 6.26. The topological polar surface area (TPSA) is 32.5 Å². The fraction of sp³-hybridized carbons (Fsp3) is 0.625. The standard InChI is InChI=1S/C16H25N3/c1-13(17)16(7-8-16)14-5-3-4-6-15(14)19-11-9-18(2)10-12-19/h3-6,13H,7-12,17H2,1-2H3. The summed E-state index contributed by atoms with van der Waals surface area (Å²) >= 11 is 0. The number of anilines is 1. The van der Waals surface area contributed by atoms with E-state index in [0.717, 1.165) is 26.2 Å². The number of para-hydroxylation sites is 1. The van der Waals surface area contributed by atoms with Gasteiger partial charge in [-0.3, -0.25) is 0 Å². The summed E-state index contributed by atoms with van der Waals surface area (Å²) in [6.07, 6.45) is 2.49. The Balaban J connectivity index is 1.90. The molecule has 19 heavy (non-hydrogen) atoms. The molecule has 1 atom stereocenters. The van der Waals surface area contributed by atoms with E-state index in [1.165, 1.54) is 24.1 Å². The minimum absolute atomic E-state index is 0.250. The number of nitrogens with two attached hydrogens (primary N) is 1. The highest BCUT2D eigenvalue weighted by atomic mass is 15.2. The molecule has 3 rings (SSSR count). The molecule has 0 bridgehead atoms. The summed E-state index contributed by atoms with van der Waals surface area (Å²) in [6, 6.07) is 9.15. The molecule has 2 aliphatic rings. The summed E-state index contributed by atoms with van der Waals surface area (Å²) in [5.41, 5.74) is 9.41. The molecule has 0 aromatic heterocycles. The van der Waals surface area contributed by atoms with Crippen LogP contribution in [0.25, 0.3) is 0 Å². The molecule has 3 nitrogen and oxygen atoms in total. The molecule has 1 aliphatic carbocycles. The number of benzene rings is 1. The SMILES string of the molecule is CC(N)C1(c2ccccc2N2CCN(C)CC2)CC1. The van der Waals surface area contributed by atoms with Crippen molar-refractivity contribution in [3.05, 3.63) is 29.8 Å². The van der Waals surface area contributed by atoms with Crippen LogP contribution >= 0.6 is 0 Å². The Morgan fingerprint density at radius 3 is 2.32 bits per heavy atom. The minimum Gasteiger partial charge on any atom is -0.369 e. The van der Waals surface area contributed by atoms with E-state index in [9.17, 15) is 0 Å². The second kappa shape index (κ2) is 4.80. The van der Waals surface area contributed by atoms with Gasteiger partial charge in [-0.1, -0.05) is 18.2 Å². The van der Waals surface area contributed by atoms with E-state index in [-0.39, 0.29) is 11.5 Å². The highest BCUT2D eigenvalue weighted by Gasteiger charge is 2.49. The van der Waals surface area contributed by atoms with Crippen molar-refractivity contribution in [2.75, 3.05) is 38.1 Å². The molecule has 1 aromatic carbocycles. The fourth-order valence-electron chi connectivity index (χ4n) is 3.32. The van der Waals surface area contributed by atoms with Crippen LogP contribution in [0.15, 0.2) is 24.3 Å². The van der Waals surface area contributed by atoms with Crippen LogP contribution in [0, 0.1) is 0 Å². The van der Waals surface area contributed by atoms with Gasteiger partial charge in [-0.15, -0.1) is 0 Å². The lowest BCUT2D eigenvalue weighted by Gasteiger charge is -2.37. The van der Waals surface area contributed by atoms with E-state index in [1.807, 2.05) is 0 Å². The first kappa shape index (κ1) is 12.9. The maximum Gasteiger partial charge on any atom is 0.0405 e. The van der Waals surface area contributed by atoms with Crippen LogP contribution in [0.1, 0.15) is 25.3 Å². The third-order valence-electron chi connectivity index (χ3n) is 4.94. The molecule has 1 heterocycles. The molecule has 1 saturated heterocycles. The van der Waals surface area contributed by atoms with E-state index in [1.54, 1.807) is 0 Å². The van der Waals surface area contributed by atoms with Crippen molar-refractivity contribution >= 4 is 5.69 Å². The molecule has 1 aliphatic heterocycles. The summed E-state index contributed by atoms with van der Waals surface area (Å²) in [6.45, 7) is 6.72. The van der Waals surface area contributed by atoms with Gasteiger partial charge in [0.15, 0.2) is 0 Å². The van der Waals surface area contributed by atoms with E-state index in [4.69, 9.17) is 5.73 Å². The molecular weight excluding hydrogens is 234 g/mol. The lowest BCUT2D eigenvalue weighted by molar-refractivity contribution is 0.312. The number of piperazine rings is 1. The molecule has 3 heteroatoms. The maximum absolute atomic E-state index is 6.26. The smallest absolute Gasteiger partial charge is 0.0405 e. The van der Waals surface area contributed by atoms with Crippen LogP contribution in [0.2, 0.25) is 0 Å². The molecule has 1 aromatic rings. The van der Waals surface area contributed by atoms with Gasteiger partial charge in [0.25, 0.3) is 0 Å². The fourth-order valence-corrected chi connectivity index (χ4v) is 3.32. The first-order valence-corrected chi connectivity index (χ1v) is 7.42. The lowest BCUT2D eigenvalue weighted by atomic mass is 9.87. The van der Waals surface area contributed by atoms with Crippen molar-refractivity contribution in [3.8, 4) is 0 Å². The van der Waals surface area contributed by atoms with E-state index >= 15 is 0 Å². The van der Waals surface area contributed by atoms with E-state index in [0.29, 0.717) is 0 Å². The summed E-state index contributed by atoms with van der Waals surface area (Å²) in [4.78, 5) is 4.94. The largest absolute Gasteiger partial charge is 0.369 e. The third-order valence-corrected chi connectivity index (χ3v) is 4.94. The van der Waals surface area contributed by atoms with Gasteiger partial charge in [-0.05, 0) is 38.4 Å². The van der Waals surface area contributed by atoms with Crippen LogP contribution in [-0.2, 0) is 5.41 Å². The number of rotatable bonds is 3. The Morgan fingerprint density at radius 1 is 1.11 bits per heavy atom. The Kier molecular flexibility index (Phi) is 3.27. The Hall–Kier alpha value is -1.06. The molecule has 0 radical (unpaired) electrons. The number of nitrogens with zero attached hydrogens (tertiary/aromatic N) is 2. The van der Waals surface area contributed by atoms with Gasteiger partial charge >= 0.3 is 0 Å². The summed E-state index contributed by atoms with van der Waals surface area (Å²) in [7, 11) is 2.20. The quantitative estimate of drug-likeness (QED) is 0.898. The van der Waals surface area contributed by atoms with Crippen molar-refractivity contribution in [1.82, 2.24) is 4.90 Å². The van der Waals surface area contributed by atoms with Crippen molar-refractivity contribution in [2.24, 2.45) is 5.73 Å². The van der Waals surface area contributed by atoms with Gasteiger partial charge < -0.3 is 15.5 Å². The van der Waals surface area contributed by atoms with Gasteiger partial charge in [0.1, 0.15) is 0 Å². The van der Waals surface area contributed by atoms with Gasteiger partial charge in [0, 0.05) is 43.3 Å². The van der Waals surface area contributed by atoms with Crippen LogP contribution < -0.4 is 10.6 Å². The van der Waals surface area contributed by atoms with Crippen LogP contribution in [0.5, 0.6) is 0 Å². The third kappa shape index (κ3) is 2.26. The number of hydrogen-bond donors (Lipinski definition) is 1. The highest BCUT2D eigenvalue weighted by Crippen LogP contribution is 2.53. The zero-order chi connectivity index (χ0) is 13.5. The van der Waals surface area contributed by atoms with Gasteiger partial charge in [-0.2, -0.15) is 0 Å². The normalized spacial score (nSPS) is 24.3. The highest BCUT2D eigenvalue weighted by molar-refractivity contribution is 5.59. The Bertz CT molecular complexity index is 443. The van der Waals surface area contributed by atoms with Crippen molar-refractivity contribution in [1.29, 1.82) is 0 Å². The Morgan fingerprint density at radius 2 is 1.74 bits per heavy atom. The molecule has 104 valence electrons. The van der Waals surface area contributed by atoms with Crippen LogP contribution in [0.4, 0.5) is 5.69 Å². The predicted octanol–water partition coefficient (Wildman–Crippen LogP) is 1.82. The Labute approximate surface area is 116 Å². The molecule has 1 unspecified atom stereocenters. The average Bonchev–Trinajstić information content (AvgIpc) is 3.21. The first-order valence-electron chi connectivity index (χ1n) is 7.42. The van der Waals surface area contributed by atoms with E-state index < -0.39 is 0 Å². The number of hydrogen-bond acceptors (Lipinski definition) is 3. The lowest BCUT2D eigenvalue weighted by Crippen LogP contribution is -2.45. The second-order valence-electron chi connectivity index (χ2n) is 6.25. The molecule has 0 amide bonds. The van der Waals surface area contributed by atoms with Crippen LogP contribution in [-0.4, -0.2) is 44.2 Å². The number of likely N-dealkylation sites (N-methyl/N-ethyl adjacent to an activating group) is 1. The second-order valence-corrected chi connectivity index (χ2v) is 6.25. The zero-order valence-electron chi connectivity index (χ0n) is 12.1. The van der Waals surface area contributed by atoms with Crippen molar-refractivity contribution in [3.63, 3.8) is 0 Å². The average molecular weight is 259 g/mol. The van der Waals surface area contributed by atoms with Gasteiger partial charge in [-0.25, -0.2) is 0 Å². The van der Waals surface area contributed by atoms with Gasteiger partial charge in [0.05, 0.1) is 0 Å². The van der Waals surface area contributed by atoms with Crippen molar-refractivity contribution < 1.29 is 0 Å². The summed E-state index contributed by atoms with van der Waals surface area (Å²) < 4.78 is 0. The summed E-state index contributed by atoms with van der Waals surface area (Å²) in [5, 5.41) is 0. The first-order chi connectivity index (χ1) is 9.13. The molecule has 2 fully saturated rings.